The fourth-order valence-electron chi connectivity index (χ4n) is 4.79. The SMILES string of the molecule is C=CC(=O)N1CCC(Nc2cnc3[nH]cc(C(=O)N[C@H](C(=O)N4CCC[C@H]4C#N)C(C)C)c3n2)CC1. The van der Waals surface area contributed by atoms with Crippen molar-refractivity contribution in [3.8, 4) is 6.07 Å². The van der Waals surface area contributed by atoms with E-state index in [0.717, 1.165) is 19.3 Å². The molecule has 0 unspecified atom stereocenters. The minimum Gasteiger partial charge on any atom is -0.366 e. The lowest BCUT2D eigenvalue weighted by Gasteiger charge is -2.31. The Labute approximate surface area is 209 Å². The molecule has 36 heavy (non-hydrogen) atoms. The maximum atomic E-state index is 13.2. The van der Waals surface area contributed by atoms with E-state index in [9.17, 15) is 19.6 Å². The van der Waals surface area contributed by atoms with Crippen molar-refractivity contribution in [1.82, 2.24) is 30.1 Å². The van der Waals surface area contributed by atoms with Crippen LogP contribution in [0.25, 0.3) is 11.2 Å². The van der Waals surface area contributed by atoms with Crippen LogP contribution in [0.3, 0.4) is 0 Å². The fourth-order valence-corrected chi connectivity index (χ4v) is 4.79. The summed E-state index contributed by atoms with van der Waals surface area (Å²) < 4.78 is 0. The van der Waals surface area contributed by atoms with Crippen molar-refractivity contribution < 1.29 is 14.4 Å². The van der Waals surface area contributed by atoms with Crippen molar-refractivity contribution in [2.24, 2.45) is 5.92 Å². The number of piperidine rings is 1. The highest BCUT2D eigenvalue weighted by atomic mass is 16.2. The van der Waals surface area contributed by atoms with E-state index in [-0.39, 0.29) is 23.8 Å². The molecule has 0 saturated carbocycles. The van der Waals surface area contributed by atoms with Gasteiger partial charge in [0.05, 0.1) is 17.8 Å². The zero-order chi connectivity index (χ0) is 25.8. The highest BCUT2D eigenvalue weighted by molar-refractivity contribution is 6.06. The first-order valence-corrected chi connectivity index (χ1v) is 12.3. The Morgan fingerprint density at radius 1 is 1.25 bits per heavy atom. The molecule has 3 N–H and O–H groups in total. The van der Waals surface area contributed by atoms with Gasteiger partial charge in [0.25, 0.3) is 5.91 Å². The average molecular weight is 493 g/mol. The lowest BCUT2D eigenvalue weighted by atomic mass is 10.0. The third-order valence-corrected chi connectivity index (χ3v) is 6.86. The minimum atomic E-state index is -0.755. The molecule has 190 valence electrons. The Morgan fingerprint density at radius 2 is 2.00 bits per heavy atom. The molecule has 0 radical (unpaired) electrons. The van der Waals surface area contributed by atoms with E-state index in [1.54, 1.807) is 22.2 Å². The molecule has 2 aromatic heterocycles. The van der Waals surface area contributed by atoms with Gasteiger partial charge in [0.15, 0.2) is 5.65 Å². The Morgan fingerprint density at radius 3 is 2.67 bits per heavy atom. The van der Waals surface area contributed by atoms with E-state index in [1.165, 1.54) is 6.08 Å². The summed E-state index contributed by atoms with van der Waals surface area (Å²) in [6.07, 6.45) is 7.43. The van der Waals surface area contributed by atoms with Gasteiger partial charge in [-0.2, -0.15) is 5.26 Å². The van der Waals surface area contributed by atoms with Gasteiger partial charge in [0, 0.05) is 31.9 Å². The third-order valence-electron chi connectivity index (χ3n) is 6.86. The number of hydrogen-bond acceptors (Lipinski definition) is 7. The van der Waals surface area contributed by atoms with Gasteiger partial charge in [0.2, 0.25) is 11.8 Å². The maximum absolute atomic E-state index is 13.2. The predicted molar refractivity (Wildman–Crippen MR) is 134 cm³/mol. The van der Waals surface area contributed by atoms with Crippen molar-refractivity contribution in [1.29, 1.82) is 5.26 Å². The Kier molecular flexibility index (Phi) is 7.52. The third kappa shape index (κ3) is 5.17. The Balaban J connectivity index is 1.46. The van der Waals surface area contributed by atoms with Crippen LogP contribution in [0.1, 0.15) is 49.9 Å². The number of rotatable bonds is 7. The smallest absolute Gasteiger partial charge is 0.255 e. The molecule has 2 saturated heterocycles. The van der Waals surface area contributed by atoms with Crippen LogP contribution in [0.5, 0.6) is 0 Å². The van der Waals surface area contributed by atoms with Crippen molar-refractivity contribution in [3.05, 3.63) is 30.6 Å². The normalized spacial score (nSPS) is 19.2. The number of nitrogens with zero attached hydrogens (tertiary/aromatic N) is 5. The molecular formula is C25H32N8O3. The second-order valence-electron chi connectivity index (χ2n) is 9.62. The summed E-state index contributed by atoms with van der Waals surface area (Å²) in [5.41, 5.74) is 1.17. The summed E-state index contributed by atoms with van der Waals surface area (Å²) in [7, 11) is 0. The topological polar surface area (TPSA) is 147 Å². The van der Waals surface area contributed by atoms with Crippen LogP contribution in [0.15, 0.2) is 25.0 Å². The van der Waals surface area contributed by atoms with Crippen LogP contribution >= 0.6 is 0 Å². The summed E-state index contributed by atoms with van der Waals surface area (Å²) in [5.74, 6) is -0.354. The summed E-state index contributed by atoms with van der Waals surface area (Å²) in [5, 5.41) is 15.6. The fraction of sp³-hybridized carbons (Fsp3) is 0.520. The molecule has 3 amide bonds. The van der Waals surface area contributed by atoms with Crippen molar-refractivity contribution in [3.63, 3.8) is 0 Å². The van der Waals surface area contributed by atoms with E-state index in [1.807, 2.05) is 13.8 Å². The van der Waals surface area contributed by atoms with Gasteiger partial charge < -0.3 is 25.4 Å². The predicted octanol–water partition coefficient (Wildman–Crippen LogP) is 1.82. The molecular weight excluding hydrogens is 460 g/mol. The number of nitrogens with one attached hydrogen (secondary N) is 3. The summed E-state index contributed by atoms with van der Waals surface area (Å²) >= 11 is 0. The first-order chi connectivity index (χ1) is 17.3. The Bertz CT molecular complexity index is 1190. The quantitative estimate of drug-likeness (QED) is 0.500. The number of likely N-dealkylation sites (tertiary alicyclic amines) is 2. The zero-order valence-electron chi connectivity index (χ0n) is 20.7. The van der Waals surface area contributed by atoms with E-state index in [2.05, 4.69) is 38.2 Å². The molecule has 4 rings (SSSR count). The number of aromatic nitrogens is 3. The molecule has 2 fully saturated rings. The highest BCUT2D eigenvalue weighted by Crippen LogP contribution is 2.22. The molecule has 2 aromatic rings. The molecule has 2 aliphatic heterocycles. The molecule has 0 bridgehead atoms. The molecule has 11 heteroatoms. The van der Waals surface area contributed by atoms with Gasteiger partial charge in [-0.15, -0.1) is 0 Å². The van der Waals surface area contributed by atoms with E-state index >= 15 is 0 Å². The number of carbonyl (C=O) groups excluding carboxylic acids is 3. The first kappa shape index (κ1) is 25.2. The van der Waals surface area contributed by atoms with Gasteiger partial charge in [0.1, 0.15) is 23.4 Å². The lowest BCUT2D eigenvalue weighted by molar-refractivity contribution is -0.134. The second kappa shape index (κ2) is 10.8. The molecule has 2 aliphatic rings. The van der Waals surface area contributed by atoms with Crippen LogP contribution in [0.2, 0.25) is 0 Å². The van der Waals surface area contributed by atoms with Crippen molar-refractivity contribution >= 4 is 34.7 Å². The number of anilines is 1. The van der Waals surface area contributed by atoms with Crippen molar-refractivity contribution in [2.75, 3.05) is 25.0 Å². The average Bonchev–Trinajstić information content (AvgIpc) is 3.53. The van der Waals surface area contributed by atoms with Gasteiger partial charge in [-0.05, 0) is 37.7 Å². The zero-order valence-corrected chi connectivity index (χ0v) is 20.7. The molecule has 11 nitrogen and oxygen atoms in total. The van der Waals surface area contributed by atoms with Crippen LogP contribution in [-0.2, 0) is 9.59 Å². The van der Waals surface area contributed by atoms with Gasteiger partial charge in [-0.3, -0.25) is 14.4 Å². The molecule has 0 aliphatic carbocycles. The number of aromatic amines is 1. The monoisotopic (exact) mass is 492 g/mol. The number of amides is 3. The highest BCUT2D eigenvalue weighted by Gasteiger charge is 2.35. The molecule has 2 atom stereocenters. The molecule has 4 heterocycles. The summed E-state index contributed by atoms with van der Waals surface area (Å²) in [6.45, 7) is 9.05. The number of hydrogen-bond donors (Lipinski definition) is 3. The van der Waals surface area contributed by atoms with Crippen LogP contribution in [0, 0.1) is 17.2 Å². The van der Waals surface area contributed by atoms with Crippen molar-refractivity contribution in [2.45, 2.75) is 57.7 Å². The number of nitriles is 1. The molecule has 0 spiro atoms. The van der Waals surface area contributed by atoms with Gasteiger partial charge in [-0.1, -0.05) is 20.4 Å². The van der Waals surface area contributed by atoms with Crippen LogP contribution < -0.4 is 10.6 Å². The maximum Gasteiger partial charge on any atom is 0.255 e. The minimum absolute atomic E-state index is 0.0660. The van der Waals surface area contributed by atoms with E-state index in [4.69, 9.17) is 0 Å². The van der Waals surface area contributed by atoms with Crippen LogP contribution in [0.4, 0.5) is 5.82 Å². The standard InChI is InChI=1S/C25H32N8O3/c1-4-20(34)32-10-7-16(8-11-32)29-19-14-28-23-22(30-19)18(13-27-23)24(35)31-21(15(2)3)25(36)33-9-5-6-17(33)12-26/h4,13-17,21H,1,5-11H2,2-3H3,(H,27,28)(H,29,30)(H,31,35)/t17-,21-/m0/s1. The summed E-state index contributed by atoms with van der Waals surface area (Å²) in [6, 6.07) is 1.10. The number of carbonyl (C=O) groups is 3. The molecule has 0 aromatic carbocycles. The second-order valence-corrected chi connectivity index (χ2v) is 9.62. The van der Waals surface area contributed by atoms with Gasteiger partial charge >= 0.3 is 0 Å². The first-order valence-electron chi connectivity index (χ1n) is 12.3. The number of fused-ring (bicyclic) bond motifs is 1. The number of H-pyrrole nitrogens is 1. The lowest BCUT2D eigenvalue weighted by Crippen LogP contribution is -2.52. The van der Waals surface area contributed by atoms with E-state index < -0.39 is 18.0 Å². The van der Waals surface area contributed by atoms with Crippen LogP contribution in [-0.4, -0.2) is 80.2 Å². The Hall–Kier alpha value is -3.94. The van der Waals surface area contributed by atoms with Gasteiger partial charge in [-0.25, -0.2) is 9.97 Å². The van der Waals surface area contributed by atoms with E-state index in [0.29, 0.717) is 48.6 Å². The largest absolute Gasteiger partial charge is 0.366 e. The summed E-state index contributed by atoms with van der Waals surface area (Å²) in [4.78, 5) is 53.5.